The highest BCUT2D eigenvalue weighted by Crippen LogP contribution is 2.20. The molecule has 0 aliphatic carbocycles. The first-order valence-corrected chi connectivity index (χ1v) is 11.9. The van der Waals surface area contributed by atoms with Gasteiger partial charge in [-0.25, -0.2) is 9.99 Å². The smallest absolute Gasteiger partial charge is 0.277 e. The molecule has 0 saturated carbocycles. The first-order valence-electron chi connectivity index (χ1n) is 11.3. The van der Waals surface area contributed by atoms with Gasteiger partial charge in [-0.05, 0) is 76.0 Å². The molecule has 9 heteroatoms. The van der Waals surface area contributed by atoms with E-state index in [4.69, 9.17) is 12.5 Å². The van der Waals surface area contributed by atoms with Gasteiger partial charge in [-0.3, -0.25) is 19.9 Å². The standard InChI is InChI=1S/C26H28BN5O2S/c1-17-12-18(2)14-21(13-17)25(34)31(26(3,4)5)30-24(33)19-9-10-20-16-29-32(27(35)22(20)15-19)23-8-6-7-11-28-23/h6-16,35H,1-5H3,(H,30,33). The van der Waals surface area contributed by atoms with Crippen LogP contribution in [0, 0.1) is 13.8 Å². The minimum absolute atomic E-state index is 0.267. The molecule has 0 unspecified atom stereocenters. The number of hydrogen-bond donors (Lipinski definition) is 2. The predicted octanol–water partition coefficient (Wildman–Crippen LogP) is 3.76. The summed E-state index contributed by atoms with van der Waals surface area (Å²) in [7, 11) is 0. The number of pyridine rings is 1. The number of carbonyl (C=O) groups is 2. The topological polar surface area (TPSA) is 77.9 Å². The van der Waals surface area contributed by atoms with Crippen molar-refractivity contribution in [2.75, 3.05) is 4.92 Å². The Balaban J connectivity index is 1.61. The molecule has 4 rings (SSSR count). The lowest BCUT2D eigenvalue weighted by atomic mass is 9.74. The third-order valence-electron chi connectivity index (χ3n) is 5.62. The molecule has 1 N–H and O–H groups in total. The van der Waals surface area contributed by atoms with E-state index in [0.717, 1.165) is 22.2 Å². The molecule has 0 atom stereocenters. The number of nitrogens with zero attached hydrogens (tertiary/aromatic N) is 4. The van der Waals surface area contributed by atoms with Crippen molar-refractivity contribution < 1.29 is 9.59 Å². The van der Waals surface area contributed by atoms with Crippen molar-refractivity contribution in [3.63, 3.8) is 0 Å². The van der Waals surface area contributed by atoms with Gasteiger partial charge in [0, 0.05) is 17.3 Å². The van der Waals surface area contributed by atoms with Gasteiger partial charge >= 0.3 is 6.13 Å². The number of anilines is 1. The molecule has 0 bridgehead atoms. The summed E-state index contributed by atoms with van der Waals surface area (Å²) in [6, 6.07) is 16.6. The summed E-state index contributed by atoms with van der Waals surface area (Å²) < 4.78 is 0. The fourth-order valence-electron chi connectivity index (χ4n) is 3.97. The molecule has 1 aliphatic rings. The van der Waals surface area contributed by atoms with Crippen LogP contribution in [0.3, 0.4) is 0 Å². The van der Waals surface area contributed by atoms with E-state index < -0.39 is 11.7 Å². The highest BCUT2D eigenvalue weighted by Gasteiger charge is 2.32. The Morgan fingerprint density at radius 2 is 1.71 bits per heavy atom. The summed E-state index contributed by atoms with van der Waals surface area (Å²) in [5.41, 5.74) is 6.80. The number of fused-ring (bicyclic) bond motifs is 1. The third kappa shape index (κ3) is 5.25. The van der Waals surface area contributed by atoms with Crippen LogP contribution >= 0.6 is 12.5 Å². The number of aryl methyl sites for hydroxylation is 2. The van der Waals surface area contributed by atoms with Gasteiger partial charge in [0.1, 0.15) is 5.82 Å². The fourth-order valence-corrected chi connectivity index (χ4v) is 4.37. The Bertz CT molecular complexity index is 1290. The second kappa shape index (κ2) is 9.58. The number of rotatable bonds is 3. The monoisotopic (exact) mass is 485 g/mol. The number of amides is 2. The van der Waals surface area contributed by atoms with Gasteiger partial charge in [-0.1, -0.05) is 35.4 Å². The van der Waals surface area contributed by atoms with Crippen molar-refractivity contribution in [2.24, 2.45) is 5.10 Å². The summed E-state index contributed by atoms with van der Waals surface area (Å²) in [6.45, 7) is 9.54. The van der Waals surface area contributed by atoms with E-state index in [2.05, 4.69) is 15.5 Å². The number of benzene rings is 2. The van der Waals surface area contributed by atoms with Gasteiger partial charge in [0.25, 0.3) is 11.8 Å². The zero-order valence-corrected chi connectivity index (χ0v) is 21.4. The van der Waals surface area contributed by atoms with Crippen LogP contribution in [0.5, 0.6) is 0 Å². The van der Waals surface area contributed by atoms with Crippen LogP contribution in [0.1, 0.15) is 58.2 Å². The van der Waals surface area contributed by atoms with Crippen molar-refractivity contribution in [1.82, 2.24) is 15.4 Å². The molecular formula is C26H28BN5O2S. The van der Waals surface area contributed by atoms with Crippen LogP contribution < -0.4 is 15.8 Å². The Kier molecular flexibility index (Phi) is 6.72. The van der Waals surface area contributed by atoms with E-state index in [1.807, 2.05) is 77.1 Å². The van der Waals surface area contributed by atoms with Crippen LogP contribution in [-0.2, 0) is 0 Å². The average molecular weight is 485 g/mol. The largest absolute Gasteiger partial charge is 0.381 e. The molecule has 0 saturated heterocycles. The van der Waals surface area contributed by atoms with Crippen molar-refractivity contribution in [1.29, 1.82) is 0 Å². The third-order valence-corrected chi connectivity index (χ3v) is 6.12. The van der Waals surface area contributed by atoms with Crippen LogP contribution in [0.2, 0.25) is 0 Å². The van der Waals surface area contributed by atoms with E-state index in [1.54, 1.807) is 29.5 Å². The maximum Gasteiger partial charge on any atom is 0.381 e. The van der Waals surface area contributed by atoms with Gasteiger partial charge in [-0.2, -0.15) is 17.6 Å². The lowest BCUT2D eigenvalue weighted by Crippen LogP contribution is -2.56. The molecule has 3 aromatic rings. The van der Waals surface area contributed by atoms with E-state index >= 15 is 0 Å². The van der Waals surface area contributed by atoms with Crippen molar-refractivity contribution >= 4 is 47.9 Å². The fraction of sp³-hybridized carbons (Fsp3) is 0.231. The van der Waals surface area contributed by atoms with Crippen LogP contribution in [-0.4, -0.2) is 39.7 Å². The van der Waals surface area contributed by atoms with E-state index in [1.165, 1.54) is 5.01 Å². The normalized spacial score (nSPS) is 12.9. The SMILES string of the molecule is Cc1cc(C)cc(C(=O)N(NC(=O)c2ccc3c(c2)B(S)N(c2ccccn2)N=C3)C(C)(C)C)c1. The molecule has 1 aromatic heterocycles. The Morgan fingerprint density at radius 3 is 2.34 bits per heavy atom. The summed E-state index contributed by atoms with van der Waals surface area (Å²) in [6.07, 6.45) is 3.00. The molecule has 2 amide bonds. The molecular weight excluding hydrogens is 457 g/mol. The summed E-state index contributed by atoms with van der Waals surface area (Å²) in [5, 5.41) is 5.86. The lowest BCUT2D eigenvalue weighted by Gasteiger charge is -2.35. The molecule has 0 fully saturated rings. The number of aromatic nitrogens is 1. The van der Waals surface area contributed by atoms with Crippen molar-refractivity contribution in [3.05, 3.63) is 88.6 Å². The van der Waals surface area contributed by atoms with Gasteiger partial charge in [0.05, 0.1) is 11.8 Å². The maximum absolute atomic E-state index is 13.4. The molecule has 7 nitrogen and oxygen atoms in total. The number of thiol groups is 1. The van der Waals surface area contributed by atoms with Crippen molar-refractivity contribution in [2.45, 2.75) is 40.2 Å². The minimum atomic E-state index is -0.646. The minimum Gasteiger partial charge on any atom is -0.277 e. The number of hydrazine groups is 1. The molecule has 2 aromatic carbocycles. The number of nitrogens with one attached hydrogen (secondary N) is 1. The lowest BCUT2D eigenvalue weighted by molar-refractivity contribution is 0.0358. The van der Waals surface area contributed by atoms with Crippen LogP contribution in [0.4, 0.5) is 5.82 Å². The average Bonchev–Trinajstić information content (AvgIpc) is 2.81. The molecule has 0 radical (unpaired) electrons. The zero-order valence-electron chi connectivity index (χ0n) is 20.5. The Labute approximate surface area is 211 Å². The van der Waals surface area contributed by atoms with E-state index in [-0.39, 0.29) is 11.8 Å². The van der Waals surface area contributed by atoms with Crippen LogP contribution in [0.25, 0.3) is 0 Å². The summed E-state index contributed by atoms with van der Waals surface area (Å²) in [4.78, 5) is 32.8. The van der Waals surface area contributed by atoms with E-state index in [0.29, 0.717) is 16.9 Å². The number of hydrogen-bond acceptors (Lipinski definition) is 6. The highest BCUT2D eigenvalue weighted by molar-refractivity contribution is 8.12. The van der Waals surface area contributed by atoms with Crippen LogP contribution in [0.15, 0.2) is 65.9 Å². The Hall–Kier alpha value is -3.59. The number of carbonyl (C=O) groups excluding carboxylic acids is 2. The Morgan fingerprint density at radius 1 is 1.00 bits per heavy atom. The van der Waals surface area contributed by atoms with Gasteiger partial charge < -0.3 is 0 Å². The van der Waals surface area contributed by atoms with Gasteiger partial charge in [-0.15, -0.1) is 0 Å². The molecule has 35 heavy (non-hydrogen) atoms. The van der Waals surface area contributed by atoms with Gasteiger partial charge in [0.15, 0.2) is 0 Å². The second-order valence-electron chi connectivity index (χ2n) is 9.62. The summed E-state index contributed by atoms with van der Waals surface area (Å²) >= 11 is 4.75. The highest BCUT2D eigenvalue weighted by atomic mass is 32.1. The zero-order chi connectivity index (χ0) is 25.3. The van der Waals surface area contributed by atoms with E-state index in [9.17, 15) is 9.59 Å². The molecule has 0 spiro atoms. The molecule has 1 aliphatic heterocycles. The predicted molar refractivity (Wildman–Crippen MR) is 144 cm³/mol. The molecule has 2 heterocycles. The summed E-state index contributed by atoms with van der Waals surface area (Å²) in [5.74, 6) is 0.00577. The first-order chi connectivity index (χ1) is 16.5. The second-order valence-corrected chi connectivity index (χ2v) is 10.1. The van der Waals surface area contributed by atoms with Gasteiger partial charge in [0.2, 0.25) is 0 Å². The number of hydrazone groups is 1. The molecule has 178 valence electrons. The maximum atomic E-state index is 13.4. The quantitative estimate of drug-likeness (QED) is 0.337. The first kappa shape index (κ1) is 24.5. The van der Waals surface area contributed by atoms with Crippen molar-refractivity contribution in [3.8, 4) is 0 Å².